The molecule has 0 aliphatic carbocycles. The summed E-state index contributed by atoms with van der Waals surface area (Å²) in [5.74, 6) is 0.509. The molecule has 1 atom stereocenters. The van der Waals surface area contributed by atoms with Crippen molar-refractivity contribution in [3.8, 4) is 5.75 Å². The maximum atomic E-state index is 9.64. The first-order valence-corrected chi connectivity index (χ1v) is 6.88. The highest BCUT2D eigenvalue weighted by Gasteiger charge is 2.22. The third kappa shape index (κ3) is 2.65. The van der Waals surface area contributed by atoms with Gasteiger partial charge in [0.1, 0.15) is 12.4 Å². The SMILES string of the molecule is OB(O)c1c(OCC2CCCO2)ccc2ccccc12. The molecule has 4 nitrogen and oxygen atoms in total. The maximum absolute atomic E-state index is 9.64. The van der Waals surface area contributed by atoms with E-state index < -0.39 is 7.12 Å². The van der Waals surface area contributed by atoms with Crippen LogP contribution >= 0.6 is 0 Å². The summed E-state index contributed by atoms with van der Waals surface area (Å²) in [5.41, 5.74) is 0.418. The zero-order valence-corrected chi connectivity index (χ0v) is 11.2. The summed E-state index contributed by atoms with van der Waals surface area (Å²) in [6.07, 6.45) is 2.15. The van der Waals surface area contributed by atoms with E-state index in [1.807, 2.05) is 30.3 Å². The minimum absolute atomic E-state index is 0.102. The van der Waals surface area contributed by atoms with Crippen molar-refractivity contribution in [2.45, 2.75) is 18.9 Å². The predicted octanol–water partition coefficient (Wildman–Crippen LogP) is 1.08. The molecule has 1 saturated heterocycles. The van der Waals surface area contributed by atoms with Crippen LogP contribution in [0.1, 0.15) is 12.8 Å². The molecule has 1 aliphatic rings. The first-order chi connectivity index (χ1) is 9.75. The van der Waals surface area contributed by atoms with Gasteiger partial charge in [-0.25, -0.2) is 0 Å². The lowest BCUT2D eigenvalue weighted by Gasteiger charge is -2.16. The van der Waals surface area contributed by atoms with Gasteiger partial charge in [-0.05, 0) is 29.7 Å². The van der Waals surface area contributed by atoms with E-state index in [9.17, 15) is 10.0 Å². The fourth-order valence-corrected chi connectivity index (χ4v) is 2.63. The zero-order chi connectivity index (χ0) is 13.9. The summed E-state index contributed by atoms with van der Waals surface area (Å²) < 4.78 is 11.3. The first-order valence-electron chi connectivity index (χ1n) is 6.88. The summed E-state index contributed by atoms with van der Waals surface area (Å²) >= 11 is 0. The Morgan fingerprint density at radius 3 is 2.80 bits per heavy atom. The van der Waals surface area contributed by atoms with E-state index in [-0.39, 0.29) is 6.10 Å². The summed E-state index contributed by atoms with van der Waals surface area (Å²) in [4.78, 5) is 0. The number of benzene rings is 2. The van der Waals surface area contributed by atoms with Gasteiger partial charge in [0.25, 0.3) is 0 Å². The van der Waals surface area contributed by atoms with Gasteiger partial charge in [-0.3, -0.25) is 0 Å². The van der Waals surface area contributed by atoms with Crippen LogP contribution in [0.4, 0.5) is 0 Å². The molecule has 0 radical (unpaired) electrons. The molecule has 1 aliphatic heterocycles. The Morgan fingerprint density at radius 1 is 1.20 bits per heavy atom. The number of hydrogen-bond donors (Lipinski definition) is 2. The highest BCUT2D eigenvalue weighted by atomic mass is 16.5. The van der Waals surface area contributed by atoms with Crippen LogP contribution in [0.15, 0.2) is 36.4 Å². The highest BCUT2D eigenvalue weighted by molar-refractivity contribution is 6.63. The molecule has 0 spiro atoms. The second kappa shape index (κ2) is 5.83. The van der Waals surface area contributed by atoms with Gasteiger partial charge < -0.3 is 19.5 Å². The second-order valence-corrected chi connectivity index (χ2v) is 5.02. The molecule has 104 valence electrons. The molecule has 0 saturated carbocycles. The third-order valence-electron chi connectivity index (χ3n) is 3.64. The van der Waals surface area contributed by atoms with E-state index in [2.05, 4.69) is 0 Å². The Balaban J connectivity index is 1.90. The van der Waals surface area contributed by atoms with E-state index in [4.69, 9.17) is 9.47 Å². The lowest BCUT2D eigenvalue weighted by molar-refractivity contribution is 0.0682. The zero-order valence-electron chi connectivity index (χ0n) is 11.2. The molecule has 2 aromatic rings. The molecule has 0 amide bonds. The van der Waals surface area contributed by atoms with Gasteiger partial charge in [-0.1, -0.05) is 30.3 Å². The molecule has 1 unspecified atom stereocenters. The monoisotopic (exact) mass is 272 g/mol. The van der Waals surface area contributed by atoms with Gasteiger partial charge in [-0.2, -0.15) is 0 Å². The summed E-state index contributed by atoms with van der Waals surface area (Å²) in [7, 11) is -1.56. The van der Waals surface area contributed by atoms with Crippen LogP contribution in [0.5, 0.6) is 5.75 Å². The van der Waals surface area contributed by atoms with Gasteiger partial charge in [-0.15, -0.1) is 0 Å². The van der Waals surface area contributed by atoms with Crippen LogP contribution in [0.2, 0.25) is 0 Å². The fourth-order valence-electron chi connectivity index (χ4n) is 2.63. The van der Waals surface area contributed by atoms with Gasteiger partial charge >= 0.3 is 7.12 Å². The Labute approximate surface area is 118 Å². The van der Waals surface area contributed by atoms with E-state index >= 15 is 0 Å². The molecule has 0 aromatic heterocycles. The Morgan fingerprint density at radius 2 is 2.05 bits per heavy atom. The minimum Gasteiger partial charge on any atom is -0.491 e. The van der Waals surface area contributed by atoms with Gasteiger partial charge in [0.05, 0.1) is 6.10 Å². The quantitative estimate of drug-likeness (QED) is 0.818. The number of hydrogen-bond acceptors (Lipinski definition) is 4. The Hall–Kier alpha value is -1.56. The summed E-state index contributed by atoms with van der Waals surface area (Å²) in [6.45, 7) is 1.22. The van der Waals surface area contributed by atoms with E-state index in [1.54, 1.807) is 6.07 Å². The summed E-state index contributed by atoms with van der Waals surface area (Å²) in [6, 6.07) is 11.3. The smallest absolute Gasteiger partial charge is 0.491 e. The van der Waals surface area contributed by atoms with Crippen LogP contribution in [-0.4, -0.2) is 36.5 Å². The first kappa shape index (κ1) is 13.4. The van der Waals surface area contributed by atoms with Crippen molar-refractivity contribution in [1.29, 1.82) is 0 Å². The topological polar surface area (TPSA) is 58.9 Å². The lowest BCUT2D eigenvalue weighted by Crippen LogP contribution is -2.33. The van der Waals surface area contributed by atoms with Gasteiger partial charge in [0, 0.05) is 12.1 Å². The van der Waals surface area contributed by atoms with Crippen molar-refractivity contribution in [3.63, 3.8) is 0 Å². The molecule has 2 N–H and O–H groups in total. The third-order valence-corrected chi connectivity index (χ3v) is 3.64. The molecule has 5 heteroatoms. The molecule has 20 heavy (non-hydrogen) atoms. The van der Waals surface area contributed by atoms with E-state index in [0.29, 0.717) is 17.8 Å². The largest absolute Gasteiger partial charge is 0.492 e. The summed E-state index contributed by atoms with van der Waals surface area (Å²) in [5, 5.41) is 21.0. The van der Waals surface area contributed by atoms with Gasteiger partial charge in [0.2, 0.25) is 0 Å². The molecule has 3 rings (SSSR count). The van der Waals surface area contributed by atoms with Crippen molar-refractivity contribution in [1.82, 2.24) is 0 Å². The maximum Gasteiger partial charge on any atom is 0.492 e. The van der Waals surface area contributed by atoms with Gasteiger partial charge in [0.15, 0.2) is 0 Å². The molecule has 1 heterocycles. The highest BCUT2D eigenvalue weighted by Crippen LogP contribution is 2.20. The normalized spacial score (nSPS) is 18.4. The predicted molar refractivity (Wildman–Crippen MR) is 78.2 cm³/mol. The standard InChI is InChI=1S/C15H17BO4/c17-16(18)15-13-6-2-1-4-11(13)7-8-14(15)20-10-12-5-3-9-19-12/h1-2,4,6-8,12,17-18H,3,5,9-10H2. The number of rotatable bonds is 4. The van der Waals surface area contributed by atoms with Crippen molar-refractivity contribution >= 4 is 23.4 Å². The molecular weight excluding hydrogens is 255 g/mol. The van der Waals surface area contributed by atoms with Crippen LogP contribution in [0.25, 0.3) is 10.8 Å². The Kier molecular flexibility index (Phi) is 3.92. The Bertz CT molecular complexity index is 593. The lowest BCUT2D eigenvalue weighted by atomic mass is 9.76. The fraction of sp³-hybridized carbons (Fsp3) is 0.333. The molecule has 0 bridgehead atoms. The molecule has 2 aromatic carbocycles. The van der Waals surface area contributed by atoms with E-state index in [1.165, 1.54) is 0 Å². The van der Waals surface area contributed by atoms with E-state index in [0.717, 1.165) is 30.2 Å². The number of fused-ring (bicyclic) bond motifs is 1. The molecular formula is C15H17BO4. The van der Waals surface area contributed by atoms with Crippen LogP contribution in [-0.2, 0) is 4.74 Å². The van der Waals surface area contributed by atoms with Crippen LogP contribution in [0, 0.1) is 0 Å². The van der Waals surface area contributed by atoms with Crippen molar-refractivity contribution in [2.75, 3.05) is 13.2 Å². The van der Waals surface area contributed by atoms with Crippen molar-refractivity contribution in [3.05, 3.63) is 36.4 Å². The van der Waals surface area contributed by atoms with Crippen molar-refractivity contribution < 1.29 is 19.5 Å². The average molecular weight is 272 g/mol. The van der Waals surface area contributed by atoms with Crippen molar-refractivity contribution in [2.24, 2.45) is 0 Å². The van der Waals surface area contributed by atoms with Crippen LogP contribution in [0.3, 0.4) is 0 Å². The van der Waals surface area contributed by atoms with Crippen LogP contribution < -0.4 is 10.2 Å². The molecule has 1 fully saturated rings. The second-order valence-electron chi connectivity index (χ2n) is 5.02. The average Bonchev–Trinajstić information content (AvgIpc) is 2.97. The minimum atomic E-state index is -1.56. The number of ether oxygens (including phenoxy) is 2.